The fourth-order valence-corrected chi connectivity index (χ4v) is 4.54. The van der Waals surface area contributed by atoms with Gasteiger partial charge in [0.1, 0.15) is 5.78 Å². The maximum Gasteiger partial charge on any atom is 0.391 e. The molecule has 0 spiro atoms. The predicted octanol–water partition coefficient (Wildman–Crippen LogP) is 9.29. The normalized spacial score (nSPS) is 15.5. The van der Waals surface area contributed by atoms with Gasteiger partial charge in [0.15, 0.2) is 0 Å². The first-order chi connectivity index (χ1) is 13.6. The van der Waals surface area contributed by atoms with Crippen LogP contribution in [0.5, 0.6) is 0 Å². The molecule has 0 aliphatic carbocycles. The molecule has 174 valence electrons. The van der Waals surface area contributed by atoms with Gasteiger partial charge in [0, 0.05) is 5.41 Å². The Bertz CT molecular complexity index is 409. The summed E-state index contributed by atoms with van der Waals surface area (Å²) in [6.07, 6.45) is 8.88. The Hall–Kier alpha value is -0.540. The second kappa shape index (κ2) is 15.3. The van der Waals surface area contributed by atoms with Gasteiger partial charge in [0.25, 0.3) is 0 Å². The van der Waals surface area contributed by atoms with Crippen molar-refractivity contribution in [2.75, 3.05) is 0 Å². The summed E-state index contributed by atoms with van der Waals surface area (Å²) in [7, 11) is 0. The molecule has 0 aromatic rings. The van der Waals surface area contributed by atoms with Crippen molar-refractivity contribution >= 4 is 5.78 Å². The summed E-state index contributed by atoms with van der Waals surface area (Å²) in [4.78, 5) is 12.6. The second-order valence-corrected chi connectivity index (χ2v) is 9.29. The number of rotatable bonds is 18. The number of ketones is 1. The van der Waals surface area contributed by atoms with Crippen LogP contribution >= 0.6 is 0 Å². The maximum absolute atomic E-state index is 13.3. The van der Waals surface area contributed by atoms with E-state index in [1.165, 1.54) is 12.8 Å². The first kappa shape index (κ1) is 28.5. The Kier molecular flexibility index (Phi) is 15.0. The van der Waals surface area contributed by atoms with Gasteiger partial charge < -0.3 is 0 Å². The smallest absolute Gasteiger partial charge is 0.299 e. The summed E-state index contributed by atoms with van der Waals surface area (Å²) in [6, 6.07) is 0. The fraction of sp³-hybridized carbons (Fsp3) is 0.960. The minimum absolute atomic E-state index is 0.202. The topological polar surface area (TPSA) is 17.1 Å². The minimum atomic E-state index is -4.10. The van der Waals surface area contributed by atoms with Crippen molar-refractivity contribution in [2.45, 2.75) is 137 Å². The average Bonchev–Trinajstić information content (AvgIpc) is 2.65. The molecule has 0 amide bonds. The quantitative estimate of drug-likeness (QED) is 0.202. The van der Waals surface area contributed by atoms with Gasteiger partial charge in [-0.15, -0.1) is 0 Å². The van der Waals surface area contributed by atoms with E-state index in [-0.39, 0.29) is 18.6 Å². The molecule has 0 aliphatic heterocycles. The van der Waals surface area contributed by atoms with Crippen molar-refractivity contribution in [2.24, 2.45) is 17.3 Å². The van der Waals surface area contributed by atoms with Crippen LogP contribution < -0.4 is 0 Å². The molecule has 0 saturated carbocycles. The third-order valence-electron chi connectivity index (χ3n) is 6.89. The van der Waals surface area contributed by atoms with Crippen molar-refractivity contribution < 1.29 is 18.0 Å². The van der Waals surface area contributed by atoms with Gasteiger partial charge in [-0.2, -0.15) is 13.2 Å². The highest BCUT2D eigenvalue weighted by molar-refractivity contribution is 5.82. The molecule has 0 aromatic carbocycles. The van der Waals surface area contributed by atoms with Crippen LogP contribution in [0.15, 0.2) is 0 Å². The molecule has 0 rings (SSSR count). The van der Waals surface area contributed by atoms with Crippen molar-refractivity contribution in [1.82, 2.24) is 0 Å². The molecule has 1 nitrogen and oxygen atoms in total. The number of unbranched alkanes of at least 4 members (excludes halogenated alkanes) is 6. The number of carbonyl (C=O) groups excluding carboxylic acids is 1. The zero-order valence-electron chi connectivity index (χ0n) is 19.8. The zero-order valence-corrected chi connectivity index (χ0v) is 19.8. The van der Waals surface area contributed by atoms with E-state index in [9.17, 15) is 18.0 Å². The van der Waals surface area contributed by atoms with Gasteiger partial charge in [-0.3, -0.25) is 4.79 Å². The van der Waals surface area contributed by atoms with E-state index in [0.29, 0.717) is 25.2 Å². The maximum atomic E-state index is 13.3. The SMILES string of the molecule is CCCCCC(CCCCC)C(C)(CCCCC(CCCC)C(F)(F)F)C(C)=O. The molecule has 4 heteroatoms. The molecule has 0 radical (unpaired) electrons. The Morgan fingerprint density at radius 2 is 1.10 bits per heavy atom. The Balaban J connectivity index is 4.91. The number of hydrogen-bond donors (Lipinski definition) is 0. The highest BCUT2D eigenvalue weighted by Gasteiger charge is 2.39. The Labute approximate surface area is 178 Å². The summed E-state index contributed by atoms with van der Waals surface area (Å²) in [6.45, 7) is 10.1. The number of alkyl halides is 3. The highest BCUT2D eigenvalue weighted by Crippen LogP contribution is 2.41. The van der Waals surface area contributed by atoms with E-state index < -0.39 is 17.5 Å². The second-order valence-electron chi connectivity index (χ2n) is 9.29. The fourth-order valence-electron chi connectivity index (χ4n) is 4.54. The largest absolute Gasteiger partial charge is 0.391 e. The van der Waals surface area contributed by atoms with Crippen LogP contribution in [0.4, 0.5) is 13.2 Å². The Morgan fingerprint density at radius 3 is 1.52 bits per heavy atom. The van der Waals surface area contributed by atoms with Crippen LogP contribution in [-0.4, -0.2) is 12.0 Å². The molecular weight excluding hydrogens is 373 g/mol. The van der Waals surface area contributed by atoms with Crippen molar-refractivity contribution in [3.63, 3.8) is 0 Å². The lowest BCUT2D eigenvalue weighted by Gasteiger charge is -2.36. The third-order valence-corrected chi connectivity index (χ3v) is 6.89. The van der Waals surface area contributed by atoms with Crippen molar-refractivity contribution in [1.29, 1.82) is 0 Å². The van der Waals surface area contributed by atoms with Crippen molar-refractivity contribution in [3.05, 3.63) is 0 Å². The molecule has 0 saturated heterocycles. The first-order valence-electron chi connectivity index (χ1n) is 12.2. The van der Waals surface area contributed by atoms with E-state index in [1.807, 2.05) is 6.92 Å². The number of Topliss-reactive ketones (excluding diaryl/α,β-unsaturated/α-hetero) is 1. The predicted molar refractivity (Wildman–Crippen MR) is 118 cm³/mol. The third kappa shape index (κ3) is 11.4. The van der Waals surface area contributed by atoms with E-state index in [0.717, 1.165) is 51.4 Å². The van der Waals surface area contributed by atoms with E-state index >= 15 is 0 Å². The standard InChI is InChI=1S/C25H47F3O/c1-6-9-12-17-22(18-13-10-7-2)24(5,21(4)29)20-15-14-19-23(16-11-8-3)25(26,27)28/h22-23H,6-20H2,1-5H3. The van der Waals surface area contributed by atoms with Gasteiger partial charge in [-0.25, -0.2) is 0 Å². The van der Waals surface area contributed by atoms with Crippen molar-refractivity contribution in [3.8, 4) is 0 Å². The van der Waals surface area contributed by atoms with Gasteiger partial charge in [-0.1, -0.05) is 91.9 Å². The molecule has 29 heavy (non-hydrogen) atoms. The van der Waals surface area contributed by atoms with E-state index in [4.69, 9.17) is 0 Å². The molecule has 2 unspecified atom stereocenters. The lowest BCUT2D eigenvalue weighted by molar-refractivity contribution is -0.178. The molecule has 0 N–H and O–H groups in total. The lowest BCUT2D eigenvalue weighted by Crippen LogP contribution is -2.35. The first-order valence-corrected chi connectivity index (χ1v) is 12.2. The van der Waals surface area contributed by atoms with Gasteiger partial charge in [0.05, 0.1) is 5.92 Å². The van der Waals surface area contributed by atoms with Gasteiger partial charge in [0.2, 0.25) is 0 Å². The number of hydrogen-bond acceptors (Lipinski definition) is 1. The summed E-state index contributed by atoms with van der Waals surface area (Å²) >= 11 is 0. The van der Waals surface area contributed by atoms with Crippen LogP contribution in [0.1, 0.15) is 131 Å². The molecule has 0 heterocycles. The summed E-state index contributed by atoms with van der Waals surface area (Å²) < 4.78 is 39.8. The van der Waals surface area contributed by atoms with Gasteiger partial charge >= 0.3 is 6.18 Å². The van der Waals surface area contributed by atoms with Crippen LogP contribution in [0.25, 0.3) is 0 Å². The van der Waals surface area contributed by atoms with Crippen LogP contribution in [0.2, 0.25) is 0 Å². The monoisotopic (exact) mass is 420 g/mol. The molecule has 0 aliphatic rings. The van der Waals surface area contributed by atoms with E-state index in [2.05, 4.69) is 20.8 Å². The number of carbonyl (C=O) groups is 1. The van der Waals surface area contributed by atoms with E-state index in [1.54, 1.807) is 6.92 Å². The number of halogens is 3. The van der Waals surface area contributed by atoms with Crippen LogP contribution in [-0.2, 0) is 4.79 Å². The van der Waals surface area contributed by atoms with Gasteiger partial charge in [-0.05, 0) is 44.9 Å². The lowest BCUT2D eigenvalue weighted by atomic mass is 9.67. The Morgan fingerprint density at radius 1 is 0.690 bits per heavy atom. The van der Waals surface area contributed by atoms with Crippen LogP contribution in [0, 0.1) is 17.3 Å². The van der Waals surface area contributed by atoms with Crippen LogP contribution in [0.3, 0.4) is 0 Å². The highest BCUT2D eigenvalue weighted by atomic mass is 19.4. The zero-order chi connectivity index (χ0) is 22.3. The summed E-state index contributed by atoms with van der Waals surface area (Å²) in [5.74, 6) is -0.610. The summed E-state index contributed by atoms with van der Waals surface area (Å²) in [5.41, 5.74) is -0.390. The molecule has 0 bridgehead atoms. The molecule has 0 aromatic heterocycles. The molecule has 2 atom stereocenters. The minimum Gasteiger partial charge on any atom is -0.299 e. The molecule has 0 fully saturated rings. The molecular formula is C25H47F3O. The summed E-state index contributed by atoms with van der Waals surface area (Å²) in [5, 5.41) is 0. The average molecular weight is 421 g/mol.